The van der Waals surface area contributed by atoms with Crippen molar-refractivity contribution in [3.05, 3.63) is 60.7 Å². The summed E-state index contributed by atoms with van der Waals surface area (Å²) in [6.07, 6.45) is 0. The molecule has 0 radical (unpaired) electrons. The molecule has 0 aliphatic heterocycles. The minimum atomic E-state index is -0.474. The molecule has 1 amide bonds. The Morgan fingerprint density at radius 3 is 1.79 bits per heavy atom. The fourth-order valence-electron chi connectivity index (χ4n) is 3.00. The van der Waals surface area contributed by atoms with Gasteiger partial charge in [-0.3, -0.25) is 19.3 Å². The number of nitrogens with zero attached hydrogens (tertiary/aromatic N) is 1. The van der Waals surface area contributed by atoms with E-state index >= 15 is 0 Å². The largest absolute Gasteiger partial charge is 0.426 e. The normalized spacial score (nSPS) is 10.4. The van der Waals surface area contributed by atoms with Crippen molar-refractivity contribution >= 4 is 40.0 Å². The van der Waals surface area contributed by atoms with Crippen LogP contribution >= 0.6 is 0 Å². The summed E-state index contributed by atoms with van der Waals surface area (Å²) in [6.45, 7) is 4.09. The molecule has 6 nitrogen and oxygen atoms in total. The number of amides is 1. The zero-order valence-electron chi connectivity index (χ0n) is 15.8. The van der Waals surface area contributed by atoms with Crippen molar-refractivity contribution in [2.24, 2.45) is 0 Å². The molecule has 0 aliphatic carbocycles. The topological polar surface area (TPSA) is 72.9 Å². The number of ether oxygens (including phenoxy) is 2. The summed E-state index contributed by atoms with van der Waals surface area (Å²) in [5, 5.41) is 1.14. The number of para-hydroxylation sites is 1. The lowest BCUT2D eigenvalue weighted by Crippen LogP contribution is -2.22. The highest BCUT2D eigenvalue weighted by molar-refractivity contribution is 6.03. The third kappa shape index (κ3) is 4.01. The molecule has 0 aromatic heterocycles. The Kier molecular flexibility index (Phi) is 5.40. The number of carbonyl (C=O) groups is 3. The molecular weight excluding hydrogens is 358 g/mol. The maximum absolute atomic E-state index is 12.3. The van der Waals surface area contributed by atoms with Crippen molar-refractivity contribution in [1.82, 2.24) is 0 Å². The first-order chi connectivity index (χ1) is 13.4. The van der Waals surface area contributed by atoms with E-state index in [2.05, 4.69) is 0 Å². The van der Waals surface area contributed by atoms with Crippen LogP contribution in [0.2, 0.25) is 0 Å². The Morgan fingerprint density at radius 1 is 0.679 bits per heavy atom. The number of carbonyl (C=O) groups excluding carboxylic acids is 3. The van der Waals surface area contributed by atoms with Crippen LogP contribution in [0.3, 0.4) is 0 Å². The predicted octanol–water partition coefficient (Wildman–Crippen LogP) is 4.38. The van der Waals surface area contributed by atoms with E-state index in [0.29, 0.717) is 33.6 Å². The fourth-order valence-corrected chi connectivity index (χ4v) is 3.00. The Bertz CT molecular complexity index is 1060. The molecule has 142 valence electrons. The summed E-state index contributed by atoms with van der Waals surface area (Å²) in [6, 6.07) is 17.6. The maximum Gasteiger partial charge on any atom is 0.308 e. The second-order valence-corrected chi connectivity index (χ2v) is 6.17. The molecule has 0 unspecified atom stereocenters. The Morgan fingerprint density at radius 2 is 1.25 bits per heavy atom. The van der Waals surface area contributed by atoms with Crippen LogP contribution in [0.1, 0.15) is 20.8 Å². The van der Waals surface area contributed by atoms with Crippen LogP contribution < -0.4 is 14.4 Å². The van der Waals surface area contributed by atoms with Gasteiger partial charge >= 0.3 is 11.9 Å². The number of rotatable bonds is 4. The second-order valence-electron chi connectivity index (χ2n) is 6.17. The van der Waals surface area contributed by atoms with Gasteiger partial charge in [-0.25, -0.2) is 0 Å². The third-order valence-electron chi connectivity index (χ3n) is 4.02. The molecule has 3 aromatic rings. The van der Waals surface area contributed by atoms with E-state index in [1.165, 1.54) is 20.8 Å². The van der Waals surface area contributed by atoms with Crippen LogP contribution in [0.25, 0.3) is 10.8 Å². The average molecular weight is 377 g/mol. The van der Waals surface area contributed by atoms with Gasteiger partial charge in [-0.05, 0) is 42.5 Å². The Balaban J connectivity index is 2.21. The minimum Gasteiger partial charge on any atom is -0.426 e. The summed E-state index contributed by atoms with van der Waals surface area (Å²) in [5.74, 6) is -0.440. The van der Waals surface area contributed by atoms with Gasteiger partial charge in [-0.15, -0.1) is 0 Å². The quantitative estimate of drug-likeness (QED) is 0.498. The zero-order chi connectivity index (χ0) is 20.3. The number of hydrogen-bond acceptors (Lipinski definition) is 5. The molecule has 3 rings (SSSR count). The molecule has 0 heterocycles. The number of fused-ring (bicyclic) bond motifs is 1. The lowest BCUT2D eigenvalue weighted by atomic mass is 10.1. The SMILES string of the molecule is CC(=O)Oc1ccc(OC(C)=O)c2cc(N(C(C)=O)c3ccccc3)ccc12. The van der Waals surface area contributed by atoms with Crippen LogP contribution in [-0.4, -0.2) is 17.8 Å². The molecule has 0 aliphatic rings. The molecule has 3 aromatic carbocycles. The zero-order valence-corrected chi connectivity index (χ0v) is 15.8. The first kappa shape index (κ1) is 19.1. The third-order valence-corrected chi connectivity index (χ3v) is 4.02. The molecule has 6 heteroatoms. The molecule has 0 N–H and O–H groups in total. The van der Waals surface area contributed by atoms with Crippen molar-refractivity contribution in [3.63, 3.8) is 0 Å². The standard InChI is InChI=1S/C22H19NO5/c1-14(24)23(17-7-5-4-6-8-17)18-9-10-19-20(13-18)22(28-16(3)26)12-11-21(19)27-15(2)25/h4-13H,1-3H3. The Labute approximate surface area is 162 Å². The van der Waals surface area contributed by atoms with Gasteiger partial charge in [0.25, 0.3) is 0 Å². The van der Waals surface area contributed by atoms with E-state index in [0.717, 1.165) is 0 Å². The smallest absolute Gasteiger partial charge is 0.308 e. The summed E-state index contributed by atoms with van der Waals surface area (Å²) >= 11 is 0. The van der Waals surface area contributed by atoms with E-state index in [4.69, 9.17) is 9.47 Å². The van der Waals surface area contributed by atoms with E-state index in [1.54, 1.807) is 35.2 Å². The van der Waals surface area contributed by atoms with Crippen molar-refractivity contribution in [3.8, 4) is 11.5 Å². The van der Waals surface area contributed by atoms with Crippen molar-refractivity contribution in [2.75, 3.05) is 4.90 Å². The number of esters is 2. The van der Waals surface area contributed by atoms with Crippen LogP contribution in [-0.2, 0) is 14.4 Å². The minimum absolute atomic E-state index is 0.171. The highest BCUT2D eigenvalue weighted by atomic mass is 16.5. The van der Waals surface area contributed by atoms with E-state index in [-0.39, 0.29) is 5.91 Å². The predicted molar refractivity (Wildman–Crippen MR) is 106 cm³/mol. The lowest BCUT2D eigenvalue weighted by molar-refractivity contribution is -0.132. The van der Waals surface area contributed by atoms with E-state index < -0.39 is 11.9 Å². The van der Waals surface area contributed by atoms with E-state index in [9.17, 15) is 14.4 Å². The average Bonchev–Trinajstić information content (AvgIpc) is 2.64. The van der Waals surface area contributed by atoms with Gasteiger partial charge in [0.05, 0.1) is 0 Å². The summed E-state index contributed by atoms with van der Waals surface area (Å²) < 4.78 is 10.6. The van der Waals surface area contributed by atoms with Crippen LogP contribution in [0.4, 0.5) is 11.4 Å². The molecule has 0 fully saturated rings. The van der Waals surface area contributed by atoms with Crippen molar-refractivity contribution in [1.29, 1.82) is 0 Å². The molecule has 0 bridgehead atoms. The van der Waals surface area contributed by atoms with Gasteiger partial charge in [0, 0.05) is 42.9 Å². The van der Waals surface area contributed by atoms with Gasteiger partial charge < -0.3 is 9.47 Å². The van der Waals surface area contributed by atoms with Gasteiger partial charge in [0.15, 0.2) is 0 Å². The summed E-state index contributed by atoms with van der Waals surface area (Å²) in [7, 11) is 0. The van der Waals surface area contributed by atoms with Crippen molar-refractivity contribution < 1.29 is 23.9 Å². The van der Waals surface area contributed by atoms with Crippen LogP contribution in [0.15, 0.2) is 60.7 Å². The van der Waals surface area contributed by atoms with Crippen LogP contribution in [0, 0.1) is 0 Å². The lowest BCUT2D eigenvalue weighted by Gasteiger charge is -2.22. The highest BCUT2D eigenvalue weighted by Gasteiger charge is 2.17. The van der Waals surface area contributed by atoms with Crippen molar-refractivity contribution in [2.45, 2.75) is 20.8 Å². The maximum atomic E-state index is 12.3. The Hall–Kier alpha value is -3.67. The fraction of sp³-hybridized carbons (Fsp3) is 0.136. The number of anilines is 2. The van der Waals surface area contributed by atoms with Gasteiger partial charge in [-0.1, -0.05) is 18.2 Å². The highest BCUT2D eigenvalue weighted by Crippen LogP contribution is 2.37. The number of hydrogen-bond donors (Lipinski definition) is 0. The molecule has 0 spiro atoms. The summed E-state index contributed by atoms with van der Waals surface area (Å²) in [5.41, 5.74) is 1.30. The molecule has 0 saturated heterocycles. The summed E-state index contributed by atoms with van der Waals surface area (Å²) in [4.78, 5) is 36.8. The second kappa shape index (κ2) is 7.92. The monoisotopic (exact) mass is 377 g/mol. The molecular formula is C22H19NO5. The van der Waals surface area contributed by atoms with Gasteiger partial charge in [0.2, 0.25) is 5.91 Å². The molecule has 0 atom stereocenters. The number of benzene rings is 3. The van der Waals surface area contributed by atoms with Crippen LogP contribution in [0.5, 0.6) is 11.5 Å². The first-order valence-corrected chi connectivity index (χ1v) is 8.66. The van der Waals surface area contributed by atoms with Gasteiger partial charge in [-0.2, -0.15) is 0 Å². The van der Waals surface area contributed by atoms with E-state index in [1.807, 2.05) is 30.3 Å². The molecule has 0 saturated carbocycles. The van der Waals surface area contributed by atoms with Gasteiger partial charge in [0.1, 0.15) is 11.5 Å². The first-order valence-electron chi connectivity index (χ1n) is 8.66. The molecule has 28 heavy (non-hydrogen) atoms.